The van der Waals surface area contributed by atoms with Gasteiger partial charge in [0.25, 0.3) is 0 Å². The van der Waals surface area contributed by atoms with Crippen LogP contribution in [0.15, 0.2) is 34.2 Å². The molecular weight excluding hydrogens is 324 g/mol. The Morgan fingerprint density at radius 3 is 2.89 bits per heavy atom. The fraction of sp³-hybridized carbons (Fsp3) is 0.286. The first-order valence-corrected chi connectivity index (χ1v) is 7.66. The maximum atomic E-state index is 12.1. The number of anilines is 1. The lowest BCUT2D eigenvalue weighted by Crippen LogP contribution is -2.27. The average Bonchev–Trinajstić information content (AvgIpc) is 2.80. The van der Waals surface area contributed by atoms with Gasteiger partial charge in [-0.25, -0.2) is 4.98 Å². The summed E-state index contributed by atoms with van der Waals surface area (Å²) in [5.41, 5.74) is 1.26. The minimum absolute atomic E-state index is 0.0819. The highest BCUT2D eigenvalue weighted by Crippen LogP contribution is 2.20. The summed E-state index contributed by atoms with van der Waals surface area (Å²) in [7, 11) is 1.76. The molecule has 0 fully saturated rings. The molecule has 0 atom stereocenters. The average molecular weight is 339 g/mol. The van der Waals surface area contributed by atoms with E-state index in [1.807, 2.05) is 12.1 Å². The highest BCUT2D eigenvalue weighted by molar-refractivity contribution is 9.10. The number of rotatable bonds is 4. The van der Waals surface area contributed by atoms with Gasteiger partial charge >= 0.3 is 0 Å². The van der Waals surface area contributed by atoms with Gasteiger partial charge in [-0.15, -0.1) is 11.3 Å². The molecule has 0 N–H and O–H groups in total. The number of thiophene rings is 1. The SMILES string of the molecule is Cc1ccsc1CCC(=O)N(C)c1cc(Br)ccn1. The summed E-state index contributed by atoms with van der Waals surface area (Å²) in [6.07, 6.45) is 2.99. The van der Waals surface area contributed by atoms with E-state index in [0.717, 1.165) is 10.9 Å². The molecule has 0 aliphatic heterocycles. The smallest absolute Gasteiger partial charge is 0.228 e. The van der Waals surface area contributed by atoms with Crippen LogP contribution < -0.4 is 4.90 Å². The van der Waals surface area contributed by atoms with Crippen molar-refractivity contribution in [2.45, 2.75) is 19.8 Å². The zero-order valence-corrected chi connectivity index (χ0v) is 13.3. The number of halogens is 1. The second kappa shape index (κ2) is 6.30. The molecule has 1 amide bonds. The molecule has 0 aliphatic carbocycles. The second-order valence-electron chi connectivity index (χ2n) is 4.31. The van der Waals surface area contributed by atoms with E-state index in [1.165, 1.54) is 10.4 Å². The predicted octanol–water partition coefficient (Wildman–Crippen LogP) is 3.81. The molecule has 0 spiro atoms. The van der Waals surface area contributed by atoms with Crippen molar-refractivity contribution in [3.05, 3.63) is 44.7 Å². The summed E-state index contributed by atoms with van der Waals surface area (Å²) >= 11 is 5.09. The van der Waals surface area contributed by atoms with Gasteiger partial charge in [0.05, 0.1) is 0 Å². The molecule has 100 valence electrons. The lowest BCUT2D eigenvalue weighted by Gasteiger charge is -2.16. The van der Waals surface area contributed by atoms with Gasteiger partial charge in [0.1, 0.15) is 5.82 Å². The zero-order valence-electron chi connectivity index (χ0n) is 10.9. The Hall–Kier alpha value is -1.20. The third-order valence-corrected chi connectivity index (χ3v) is 4.54. The van der Waals surface area contributed by atoms with Crippen LogP contribution in [0, 0.1) is 6.92 Å². The zero-order chi connectivity index (χ0) is 13.8. The third-order valence-electron chi connectivity index (χ3n) is 2.96. The number of pyridine rings is 1. The summed E-state index contributed by atoms with van der Waals surface area (Å²) in [6.45, 7) is 2.08. The molecule has 0 bridgehead atoms. The third kappa shape index (κ3) is 3.64. The maximum absolute atomic E-state index is 12.1. The first-order chi connectivity index (χ1) is 9.08. The Morgan fingerprint density at radius 1 is 1.47 bits per heavy atom. The lowest BCUT2D eigenvalue weighted by molar-refractivity contribution is -0.118. The molecule has 19 heavy (non-hydrogen) atoms. The first-order valence-electron chi connectivity index (χ1n) is 5.99. The Kier molecular flexibility index (Phi) is 4.71. The van der Waals surface area contributed by atoms with E-state index in [0.29, 0.717) is 12.2 Å². The fourth-order valence-corrected chi connectivity index (χ4v) is 2.99. The molecule has 2 aromatic heterocycles. The summed E-state index contributed by atoms with van der Waals surface area (Å²) in [5, 5.41) is 2.06. The Balaban J connectivity index is 1.98. The summed E-state index contributed by atoms with van der Waals surface area (Å²) in [5.74, 6) is 0.751. The number of nitrogens with zero attached hydrogens (tertiary/aromatic N) is 2. The second-order valence-corrected chi connectivity index (χ2v) is 6.23. The highest BCUT2D eigenvalue weighted by Gasteiger charge is 2.13. The Morgan fingerprint density at radius 2 is 2.26 bits per heavy atom. The van der Waals surface area contributed by atoms with Gasteiger partial charge < -0.3 is 0 Å². The van der Waals surface area contributed by atoms with Crippen LogP contribution >= 0.6 is 27.3 Å². The van der Waals surface area contributed by atoms with E-state index < -0.39 is 0 Å². The van der Waals surface area contributed by atoms with Crippen LogP contribution in [0.1, 0.15) is 16.9 Å². The maximum Gasteiger partial charge on any atom is 0.228 e. The van der Waals surface area contributed by atoms with Crippen molar-refractivity contribution < 1.29 is 4.79 Å². The largest absolute Gasteiger partial charge is 0.300 e. The molecule has 2 aromatic rings. The van der Waals surface area contributed by atoms with E-state index in [2.05, 4.69) is 39.3 Å². The molecule has 5 heteroatoms. The molecular formula is C14H15BrN2OS. The molecule has 0 radical (unpaired) electrons. The molecule has 0 aromatic carbocycles. The van der Waals surface area contributed by atoms with Crippen LogP contribution in [-0.4, -0.2) is 17.9 Å². The van der Waals surface area contributed by atoms with E-state index in [-0.39, 0.29) is 5.91 Å². The predicted molar refractivity (Wildman–Crippen MR) is 82.7 cm³/mol. The number of hydrogen-bond acceptors (Lipinski definition) is 3. The minimum atomic E-state index is 0.0819. The normalized spacial score (nSPS) is 10.5. The topological polar surface area (TPSA) is 33.2 Å². The van der Waals surface area contributed by atoms with Gasteiger partial charge in [-0.1, -0.05) is 15.9 Å². The van der Waals surface area contributed by atoms with Gasteiger partial charge in [-0.3, -0.25) is 9.69 Å². The number of aromatic nitrogens is 1. The first kappa shape index (κ1) is 14.2. The molecule has 0 unspecified atom stereocenters. The summed E-state index contributed by atoms with van der Waals surface area (Å²) in [6, 6.07) is 5.77. The quantitative estimate of drug-likeness (QED) is 0.849. The van der Waals surface area contributed by atoms with Crippen molar-refractivity contribution in [2.75, 3.05) is 11.9 Å². The van der Waals surface area contributed by atoms with Gasteiger partial charge in [-0.2, -0.15) is 0 Å². The lowest BCUT2D eigenvalue weighted by atomic mass is 10.2. The molecule has 2 heterocycles. The molecule has 0 saturated carbocycles. The number of carbonyl (C=O) groups is 1. The fourth-order valence-electron chi connectivity index (χ4n) is 1.75. The Bertz CT molecular complexity index is 582. The van der Waals surface area contributed by atoms with Crippen molar-refractivity contribution >= 4 is 39.0 Å². The molecule has 0 aliphatic rings. The van der Waals surface area contributed by atoms with Crippen LogP contribution in [0.25, 0.3) is 0 Å². The van der Waals surface area contributed by atoms with Gasteiger partial charge in [0.2, 0.25) is 5.91 Å². The van der Waals surface area contributed by atoms with Crippen molar-refractivity contribution in [2.24, 2.45) is 0 Å². The van der Waals surface area contributed by atoms with Gasteiger partial charge in [-0.05, 0) is 42.5 Å². The number of aryl methyl sites for hydroxylation is 2. The summed E-state index contributed by atoms with van der Waals surface area (Å²) in [4.78, 5) is 19.2. The van der Waals surface area contributed by atoms with E-state index in [4.69, 9.17) is 0 Å². The number of carbonyl (C=O) groups excluding carboxylic acids is 1. The van der Waals surface area contributed by atoms with E-state index in [9.17, 15) is 4.79 Å². The van der Waals surface area contributed by atoms with E-state index >= 15 is 0 Å². The summed E-state index contributed by atoms with van der Waals surface area (Å²) < 4.78 is 0.922. The molecule has 3 nitrogen and oxygen atoms in total. The van der Waals surface area contributed by atoms with Crippen LogP contribution in [0.2, 0.25) is 0 Å². The van der Waals surface area contributed by atoms with Crippen LogP contribution in [0.4, 0.5) is 5.82 Å². The van der Waals surface area contributed by atoms with Gasteiger partial charge in [0.15, 0.2) is 0 Å². The van der Waals surface area contributed by atoms with Crippen molar-refractivity contribution in [1.29, 1.82) is 0 Å². The monoisotopic (exact) mass is 338 g/mol. The van der Waals surface area contributed by atoms with Crippen LogP contribution in [-0.2, 0) is 11.2 Å². The standard InChI is InChI=1S/C14H15BrN2OS/c1-10-6-8-19-12(10)3-4-14(18)17(2)13-9-11(15)5-7-16-13/h5-9H,3-4H2,1-2H3. The number of amides is 1. The van der Waals surface area contributed by atoms with Crippen molar-refractivity contribution in [3.8, 4) is 0 Å². The van der Waals surface area contributed by atoms with Crippen molar-refractivity contribution in [1.82, 2.24) is 4.98 Å². The molecule has 0 saturated heterocycles. The molecule has 2 rings (SSSR count). The minimum Gasteiger partial charge on any atom is -0.300 e. The Labute approximate surface area is 125 Å². The van der Waals surface area contributed by atoms with Crippen LogP contribution in [0.5, 0.6) is 0 Å². The number of hydrogen-bond donors (Lipinski definition) is 0. The highest BCUT2D eigenvalue weighted by atomic mass is 79.9. The van der Waals surface area contributed by atoms with Crippen molar-refractivity contribution in [3.63, 3.8) is 0 Å². The van der Waals surface area contributed by atoms with E-state index in [1.54, 1.807) is 29.5 Å². The van der Waals surface area contributed by atoms with Crippen LogP contribution in [0.3, 0.4) is 0 Å². The van der Waals surface area contributed by atoms with Gasteiger partial charge in [0, 0.05) is 29.0 Å².